The van der Waals surface area contributed by atoms with Crippen LogP contribution in [0.2, 0.25) is 0 Å². The SMILES string of the molecule is CCCNc1cc(CC)nc2c(C)c(Br)ccc12. The summed E-state index contributed by atoms with van der Waals surface area (Å²) < 4.78 is 1.12. The highest BCUT2D eigenvalue weighted by Gasteiger charge is 2.08. The molecule has 0 bridgehead atoms. The number of aryl methyl sites for hydroxylation is 2. The third kappa shape index (κ3) is 2.51. The van der Waals surface area contributed by atoms with Crippen LogP contribution in [-0.4, -0.2) is 11.5 Å². The van der Waals surface area contributed by atoms with Gasteiger partial charge in [0, 0.05) is 27.8 Å². The van der Waals surface area contributed by atoms with Gasteiger partial charge >= 0.3 is 0 Å². The standard InChI is InChI=1S/C15H19BrN2/c1-4-8-17-14-9-11(5-2)18-15-10(3)13(16)7-6-12(14)15/h6-7,9H,4-5,8H2,1-3H3,(H,17,18). The Morgan fingerprint density at radius 3 is 2.72 bits per heavy atom. The Morgan fingerprint density at radius 2 is 2.06 bits per heavy atom. The van der Waals surface area contributed by atoms with E-state index in [2.05, 4.69) is 60.2 Å². The van der Waals surface area contributed by atoms with Gasteiger partial charge in [-0.1, -0.05) is 29.8 Å². The highest BCUT2D eigenvalue weighted by molar-refractivity contribution is 9.10. The normalized spacial score (nSPS) is 10.9. The van der Waals surface area contributed by atoms with Crippen LogP contribution in [-0.2, 0) is 6.42 Å². The van der Waals surface area contributed by atoms with E-state index in [1.54, 1.807) is 0 Å². The maximum Gasteiger partial charge on any atom is 0.0766 e. The molecule has 0 amide bonds. The van der Waals surface area contributed by atoms with Gasteiger partial charge in [0.2, 0.25) is 0 Å². The van der Waals surface area contributed by atoms with Gasteiger partial charge in [-0.25, -0.2) is 0 Å². The lowest BCUT2D eigenvalue weighted by Crippen LogP contribution is -2.03. The lowest BCUT2D eigenvalue weighted by molar-refractivity contribution is 0.977. The fourth-order valence-electron chi connectivity index (χ4n) is 2.04. The molecule has 0 aliphatic heterocycles. The van der Waals surface area contributed by atoms with E-state index in [-0.39, 0.29) is 0 Å². The zero-order chi connectivity index (χ0) is 13.1. The summed E-state index contributed by atoms with van der Waals surface area (Å²) in [5, 5.41) is 4.71. The summed E-state index contributed by atoms with van der Waals surface area (Å²) in [5.74, 6) is 0. The fraction of sp³-hybridized carbons (Fsp3) is 0.400. The van der Waals surface area contributed by atoms with Crippen molar-refractivity contribution < 1.29 is 0 Å². The largest absolute Gasteiger partial charge is 0.384 e. The zero-order valence-electron chi connectivity index (χ0n) is 11.2. The zero-order valence-corrected chi connectivity index (χ0v) is 12.8. The maximum absolute atomic E-state index is 4.75. The van der Waals surface area contributed by atoms with Crippen LogP contribution in [0.25, 0.3) is 10.9 Å². The first-order valence-electron chi connectivity index (χ1n) is 6.50. The minimum Gasteiger partial charge on any atom is -0.384 e. The molecule has 1 N–H and O–H groups in total. The van der Waals surface area contributed by atoms with Crippen molar-refractivity contribution in [2.24, 2.45) is 0 Å². The smallest absolute Gasteiger partial charge is 0.0766 e. The molecule has 1 aromatic heterocycles. The van der Waals surface area contributed by atoms with Crippen molar-refractivity contribution in [3.63, 3.8) is 0 Å². The van der Waals surface area contributed by atoms with Gasteiger partial charge in [0.1, 0.15) is 0 Å². The van der Waals surface area contributed by atoms with E-state index in [1.165, 1.54) is 16.6 Å². The molecular weight excluding hydrogens is 288 g/mol. The predicted molar refractivity (Wildman–Crippen MR) is 82.3 cm³/mol. The van der Waals surface area contributed by atoms with Crippen molar-refractivity contribution in [2.45, 2.75) is 33.6 Å². The first-order chi connectivity index (χ1) is 8.67. The van der Waals surface area contributed by atoms with Crippen LogP contribution in [0.15, 0.2) is 22.7 Å². The average Bonchev–Trinajstić information content (AvgIpc) is 2.40. The van der Waals surface area contributed by atoms with Crippen molar-refractivity contribution in [2.75, 3.05) is 11.9 Å². The van der Waals surface area contributed by atoms with Gasteiger partial charge < -0.3 is 5.32 Å². The number of hydrogen-bond acceptors (Lipinski definition) is 2. The second-order valence-electron chi connectivity index (χ2n) is 4.51. The lowest BCUT2D eigenvalue weighted by atomic mass is 10.1. The lowest BCUT2D eigenvalue weighted by Gasteiger charge is -2.13. The molecule has 2 aromatic rings. The summed E-state index contributed by atoms with van der Waals surface area (Å²) >= 11 is 3.58. The minimum absolute atomic E-state index is 0.961. The topological polar surface area (TPSA) is 24.9 Å². The molecule has 0 saturated carbocycles. The quantitative estimate of drug-likeness (QED) is 0.886. The molecule has 0 aliphatic rings. The molecule has 1 heterocycles. The Bertz CT molecular complexity index is 564. The van der Waals surface area contributed by atoms with Gasteiger partial charge in [0.15, 0.2) is 0 Å². The van der Waals surface area contributed by atoms with Gasteiger partial charge in [0.25, 0.3) is 0 Å². The van der Waals surface area contributed by atoms with Gasteiger partial charge in [-0.2, -0.15) is 0 Å². The number of halogens is 1. The molecule has 0 saturated heterocycles. The van der Waals surface area contributed by atoms with E-state index in [0.29, 0.717) is 0 Å². The summed E-state index contributed by atoms with van der Waals surface area (Å²) in [4.78, 5) is 4.75. The monoisotopic (exact) mass is 306 g/mol. The van der Waals surface area contributed by atoms with Gasteiger partial charge in [-0.05, 0) is 43.5 Å². The summed E-state index contributed by atoms with van der Waals surface area (Å²) in [6.45, 7) is 7.43. The van der Waals surface area contributed by atoms with Crippen LogP contribution in [0.4, 0.5) is 5.69 Å². The number of pyridine rings is 1. The van der Waals surface area contributed by atoms with Gasteiger partial charge in [-0.3, -0.25) is 4.98 Å². The van der Waals surface area contributed by atoms with Crippen molar-refractivity contribution in [1.29, 1.82) is 0 Å². The molecule has 1 aromatic carbocycles. The Balaban J connectivity index is 2.64. The Kier molecular flexibility index (Phi) is 4.23. The molecule has 0 radical (unpaired) electrons. The van der Waals surface area contributed by atoms with Crippen LogP contribution in [0, 0.1) is 6.92 Å². The van der Waals surface area contributed by atoms with Crippen molar-refractivity contribution in [3.05, 3.63) is 33.9 Å². The Morgan fingerprint density at radius 1 is 1.28 bits per heavy atom. The first kappa shape index (κ1) is 13.3. The van der Waals surface area contributed by atoms with Gasteiger partial charge in [-0.15, -0.1) is 0 Å². The van der Waals surface area contributed by atoms with Crippen LogP contribution in [0.3, 0.4) is 0 Å². The minimum atomic E-state index is 0.961. The Hall–Kier alpha value is -1.09. The number of rotatable bonds is 4. The van der Waals surface area contributed by atoms with E-state index in [0.717, 1.165) is 35.1 Å². The maximum atomic E-state index is 4.75. The number of nitrogens with one attached hydrogen (secondary N) is 1. The van der Waals surface area contributed by atoms with E-state index < -0.39 is 0 Å². The number of aromatic nitrogens is 1. The molecule has 0 atom stereocenters. The molecule has 2 nitrogen and oxygen atoms in total. The molecule has 3 heteroatoms. The molecule has 18 heavy (non-hydrogen) atoms. The molecule has 2 rings (SSSR count). The van der Waals surface area contributed by atoms with E-state index in [1.807, 2.05) is 0 Å². The molecular formula is C15H19BrN2. The van der Waals surface area contributed by atoms with Crippen molar-refractivity contribution in [1.82, 2.24) is 4.98 Å². The van der Waals surface area contributed by atoms with Crippen molar-refractivity contribution in [3.8, 4) is 0 Å². The van der Waals surface area contributed by atoms with E-state index in [4.69, 9.17) is 4.98 Å². The average molecular weight is 307 g/mol. The summed E-state index contributed by atoms with van der Waals surface area (Å²) in [7, 11) is 0. The number of benzene rings is 1. The number of nitrogens with zero attached hydrogens (tertiary/aromatic N) is 1. The van der Waals surface area contributed by atoms with Crippen LogP contribution >= 0.6 is 15.9 Å². The molecule has 0 fully saturated rings. The predicted octanol–water partition coefficient (Wildman–Crippen LogP) is 4.69. The molecule has 0 aliphatic carbocycles. The van der Waals surface area contributed by atoms with Crippen LogP contribution in [0.1, 0.15) is 31.5 Å². The molecule has 0 unspecified atom stereocenters. The summed E-state index contributed by atoms with van der Waals surface area (Å²) in [6.07, 6.45) is 2.09. The van der Waals surface area contributed by atoms with Crippen molar-refractivity contribution >= 4 is 32.5 Å². The highest BCUT2D eigenvalue weighted by atomic mass is 79.9. The first-order valence-corrected chi connectivity index (χ1v) is 7.29. The summed E-state index contributed by atoms with van der Waals surface area (Å²) in [5.41, 5.74) is 4.65. The third-order valence-electron chi connectivity index (χ3n) is 3.15. The highest BCUT2D eigenvalue weighted by Crippen LogP contribution is 2.30. The second-order valence-corrected chi connectivity index (χ2v) is 5.36. The van der Waals surface area contributed by atoms with Crippen LogP contribution in [0.5, 0.6) is 0 Å². The van der Waals surface area contributed by atoms with E-state index in [9.17, 15) is 0 Å². The fourth-order valence-corrected chi connectivity index (χ4v) is 2.36. The second kappa shape index (κ2) is 5.70. The molecule has 96 valence electrons. The van der Waals surface area contributed by atoms with Crippen LogP contribution < -0.4 is 5.32 Å². The number of fused-ring (bicyclic) bond motifs is 1. The van der Waals surface area contributed by atoms with E-state index >= 15 is 0 Å². The Labute approximate surface area is 117 Å². The van der Waals surface area contributed by atoms with Gasteiger partial charge in [0.05, 0.1) is 5.52 Å². The number of hydrogen-bond donors (Lipinski definition) is 1. The summed E-state index contributed by atoms with van der Waals surface area (Å²) in [6, 6.07) is 6.41. The number of anilines is 1. The third-order valence-corrected chi connectivity index (χ3v) is 4.01. The molecule has 0 spiro atoms.